The first-order valence-electron chi connectivity index (χ1n) is 6.30. The van der Waals surface area contributed by atoms with E-state index in [1.165, 1.54) is 0 Å². The van der Waals surface area contributed by atoms with Crippen LogP contribution in [0, 0.1) is 13.8 Å². The molecule has 0 saturated heterocycles. The van der Waals surface area contributed by atoms with Crippen LogP contribution in [-0.2, 0) is 13.5 Å². The Balaban J connectivity index is 2.35. The quantitative estimate of drug-likeness (QED) is 0.813. The zero-order valence-electron chi connectivity index (χ0n) is 12.0. The fourth-order valence-electron chi connectivity index (χ4n) is 2.23. The zero-order chi connectivity index (χ0) is 14.9. The van der Waals surface area contributed by atoms with Crippen LogP contribution in [0.1, 0.15) is 27.3 Å². The van der Waals surface area contributed by atoms with Crippen LogP contribution < -0.4 is 4.74 Å². The largest absolute Gasteiger partial charge is 0.496 e. The van der Waals surface area contributed by atoms with Gasteiger partial charge in [-0.05, 0) is 32.0 Å². The number of carbonyl (C=O) groups excluding carboxylic acids is 1. The van der Waals surface area contributed by atoms with Gasteiger partial charge >= 0.3 is 0 Å². The van der Waals surface area contributed by atoms with Gasteiger partial charge in [-0.2, -0.15) is 5.10 Å². The Morgan fingerprint density at radius 1 is 1.40 bits per heavy atom. The van der Waals surface area contributed by atoms with Crippen LogP contribution in [-0.4, -0.2) is 22.7 Å². The lowest BCUT2D eigenvalue weighted by Crippen LogP contribution is -2.07. The molecule has 20 heavy (non-hydrogen) atoms. The maximum atomic E-state index is 12.5. The van der Waals surface area contributed by atoms with Gasteiger partial charge < -0.3 is 4.74 Å². The third-order valence-corrected chi connectivity index (χ3v) is 3.69. The molecule has 4 nitrogen and oxygen atoms in total. The lowest BCUT2D eigenvalue weighted by Gasteiger charge is -2.08. The molecule has 0 bridgehead atoms. The summed E-state index contributed by atoms with van der Waals surface area (Å²) in [7, 11) is 3.41. The van der Waals surface area contributed by atoms with Crippen molar-refractivity contribution in [2.45, 2.75) is 20.3 Å². The standard InChI is InChI=1S/C15H17ClN2O2/c1-9-12(10(2)18(3)17-9)8-14(19)13-7-11(16)5-6-15(13)20-4/h5-7H,8H2,1-4H3. The van der Waals surface area contributed by atoms with Gasteiger partial charge in [0.15, 0.2) is 5.78 Å². The number of halogens is 1. The fourth-order valence-corrected chi connectivity index (χ4v) is 2.40. The minimum atomic E-state index is -0.0245. The van der Waals surface area contributed by atoms with Crippen molar-refractivity contribution in [3.05, 3.63) is 45.7 Å². The number of ether oxygens (including phenoxy) is 1. The molecule has 5 heteroatoms. The summed E-state index contributed by atoms with van der Waals surface area (Å²) in [5, 5.41) is 4.85. The predicted molar refractivity (Wildman–Crippen MR) is 78.7 cm³/mol. The van der Waals surface area contributed by atoms with E-state index >= 15 is 0 Å². The summed E-state index contributed by atoms with van der Waals surface area (Å²) in [6.45, 7) is 3.86. The van der Waals surface area contributed by atoms with E-state index in [1.807, 2.05) is 20.9 Å². The third-order valence-electron chi connectivity index (χ3n) is 3.46. The van der Waals surface area contributed by atoms with E-state index in [1.54, 1.807) is 30.0 Å². The molecule has 0 aliphatic heterocycles. The number of benzene rings is 1. The van der Waals surface area contributed by atoms with Crippen molar-refractivity contribution in [1.29, 1.82) is 0 Å². The van der Waals surface area contributed by atoms with Crippen LogP contribution >= 0.6 is 11.6 Å². The van der Waals surface area contributed by atoms with E-state index in [4.69, 9.17) is 16.3 Å². The highest BCUT2D eigenvalue weighted by Gasteiger charge is 2.18. The first-order valence-corrected chi connectivity index (χ1v) is 6.67. The van der Waals surface area contributed by atoms with Crippen LogP contribution in [0.4, 0.5) is 0 Å². The number of ketones is 1. The van der Waals surface area contributed by atoms with Gasteiger partial charge in [-0.15, -0.1) is 0 Å². The Bertz CT molecular complexity index is 662. The first kappa shape index (κ1) is 14.6. The van der Waals surface area contributed by atoms with Crippen molar-refractivity contribution >= 4 is 17.4 Å². The molecule has 2 rings (SSSR count). The minimum absolute atomic E-state index is 0.0245. The minimum Gasteiger partial charge on any atom is -0.496 e. The number of hydrogen-bond donors (Lipinski definition) is 0. The number of rotatable bonds is 4. The molecular formula is C15H17ClN2O2. The molecule has 0 unspecified atom stereocenters. The van der Waals surface area contributed by atoms with Gasteiger partial charge in [-0.3, -0.25) is 9.48 Å². The van der Waals surface area contributed by atoms with Gasteiger partial charge in [0.25, 0.3) is 0 Å². The van der Waals surface area contributed by atoms with Crippen LogP contribution in [0.2, 0.25) is 5.02 Å². The molecule has 0 aliphatic carbocycles. The predicted octanol–water partition coefficient (Wildman–Crippen LogP) is 3.12. The number of hydrogen-bond acceptors (Lipinski definition) is 3. The zero-order valence-corrected chi connectivity index (χ0v) is 12.8. The molecule has 1 heterocycles. The smallest absolute Gasteiger partial charge is 0.171 e. The average molecular weight is 293 g/mol. The Kier molecular flexibility index (Phi) is 4.14. The van der Waals surface area contributed by atoms with Crippen LogP contribution in [0.15, 0.2) is 18.2 Å². The van der Waals surface area contributed by atoms with Crippen molar-refractivity contribution in [3.8, 4) is 5.75 Å². The lowest BCUT2D eigenvalue weighted by molar-refractivity contribution is 0.0989. The molecule has 0 radical (unpaired) electrons. The highest BCUT2D eigenvalue weighted by Crippen LogP contribution is 2.25. The second kappa shape index (κ2) is 5.67. The van der Waals surface area contributed by atoms with Crippen molar-refractivity contribution in [2.24, 2.45) is 7.05 Å². The maximum Gasteiger partial charge on any atom is 0.171 e. The SMILES string of the molecule is COc1ccc(Cl)cc1C(=O)Cc1c(C)nn(C)c1C. The lowest BCUT2D eigenvalue weighted by atomic mass is 10.0. The molecule has 0 atom stereocenters. The Labute approximate surface area is 123 Å². The van der Waals surface area contributed by atoms with Gasteiger partial charge in [-0.25, -0.2) is 0 Å². The second-order valence-electron chi connectivity index (χ2n) is 4.72. The highest BCUT2D eigenvalue weighted by atomic mass is 35.5. The molecular weight excluding hydrogens is 276 g/mol. The van der Waals surface area contributed by atoms with Gasteiger partial charge in [-0.1, -0.05) is 11.6 Å². The van der Waals surface area contributed by atoms with Crippen molar-refractivity contribution in [1.82, 2.24) is 9.78 Å². The summed E-state index contributed by atoms with van der Waals surface area (Å²) in [6.07, 6.45) is 0.294. The number of methoxy groups -OCH3 is 1. The van der Waals surface area contributed by atoms with E-state index in [0.717, 1.165) is 17.0 Å². The molecule has 0 N–H and O–H groups in total. The van der Waals surface area contributed by atoms with Gasteiger partial charge in [0.05, 0.1) is 18.4 Å². The summed E-state index contributed by atoms with van der Waals surface area (Å²) in [5.41, 5.74) is 3.33. The van der Waals surface area contributed by atoms with Gasteiger partial charge in [0.2, 0.25) is 0 Å². The summed E-state index contributed by atoms with van der Waals surface area (Å²) in [4.78, 5) is 12.5. The van der Waals surface area contributed by atoms with Crippen LogP contribution in [0.25, 0.3) is 0 Å². The van der Waals surface area contributed by atoms with Gasteiger partial charge in [0, 0.05) is 29.7 Å². The Hall–Kier alpha value is -1.81. The molecule has 0 spiro atoms. The molecule has 1 aromatic carbocycles. The van der Waals surface area contributed by atoms with E-state index in [2.05, 4.69) is 5.10 Å². The number of nitrogens with zero attached hydrogens (tertiary/aromatic N) is 2. The average Bonchev–Trinajstić information content (AvgIpc) is 2.65. The molecule has 106 valence electrons. The van der Waals surface area contributed by atoms with Crippen molar-refractivity contribution < 1.29 is 9.53 Å². The number of carbonyl (C=O) groups is 1. The summed E-state index contributed by atoms with van der Waals surface area (Å²) >= 11 is 5.96. The van der Waals surface area contributed by atoms with E-state index < -0.39 is 0 Å². The van der Waals surface area contributed by atoms with Crippen molar-refractivity contribution in [3.63, 3.8) is 0 Å². The summed E-state index contributed by atoms with van der Waals surface area (Å²) < 4.78 is 7.01. The molecule has 0 saturated carbocycles. The van der Waals surface area contributed by atoms with Gasteiger partial charge in [0.1, 0.15) is 5.75 Å². The number of aryl methyl sites for hydroxylation is 2. The van der Waals surface area contributed by atoms with Crippen molar-refractivity contribution in [2.75, 3.05) is 7.11 Å². The topological polar surface area (TPSA) is 44.1 Å². The monoisotopic (exact) mass is 292 g/mol. The highest BCUT2D eigenvalue weighted by molar-refractivity contribution is 6.31. The number of aromatic nitrogens is 2. The van der Waals surface area contributed by atoms with E-state index in [9.17, 15) is 4.79 Å². The first-order chi connectivity index (χ1) is 9.43. The molecule has 1 aromatic heterocycles. The fraction of sp³-hybridized carbons (Fsp3) is 0.333. The summed E-state index contributed by atoms with van der Waals surface area (Å²) in [5.74, 6) is 0.516. The van der Waals surface area contributed by atoms with Crippen LogP contribution in [0.3, 0.4) is 0 Å². The molecule has 2 aromatic rings. The second-order valence-corrected chi connectivity index (χ2v) is 5.15. The normalized spacial score (nSPS) is 10.7. The number of Topliss-reactive ketones (excluding diaryl/α,β-unsaturated/α-hetero) is 1. The molecule has 0 fully saturated rings. The van der Waals surface area contributed by atoms with E-state index in [-0.39, 0.29) is 5.78 Å². The van der Waals surface area contributed by atoms with E-state index in [0.29, 0.717) is 22.8 Å². The van der Waals surface area contributed by atoms with Crippen LogP contribution in [0.5, 0.6) is 5.75 Å². The Morgan fingerprint density at radius 2 is 2.10 bits per heavy atom. The third kappa shape index (κ3) is 2.70. The maximum absolute atomic E-state index is 12.5. The Morgan fingerprint density at radius 3 is 2.65 bits per heavy atom. The molecule has 0 amide bonds. The summed E-state index contributed by atoms with van der Waals surface area (Å²) in [6, 6.07) is 5.06. The molecule has 0 aliphatic rings.